The summed E-state index contributed by atoms with van der Waals surface area (Å²) in [5.41, 5.74) is -0.0668. The second kappa shape index (κ2) is 7.08. The number of carbonyl (C=O) groups excluding carboxylic acids is 1. The number of amides is 1. The number of nitrogens with one attached hydrogen (secondary N) is 2. The fourth-order valence-electron chi connectivity index (χ4n) is 1.65. The highest BCUT2D eigenvalue weighted by molar-refractivity contribution is 5.93. The zero-order chi connectivity index (χ0) is 17.0. The third-order valence-corrected chi connectivity index (χ3v) is 2.87. The highest BCUT2D eigenvalue weighted by Crippen LogP contribution is 2.21. The number of anilines is 2. The van der Waals surface area contributed by atoms with E-state index in [4.69, 9.17) is 0 Å². The van der Waals surface area contributed by atoms with Crippen molar-refractivity contribution in [2.45, 2.75) is 13.8 Å². The SMILES string of the molecule is CC(C)CNC(=O)c1cnc(Nc2ccc(F)c(F)c2F)nc1. The summed E-state index contributed by atoms with van der Waals surface area (Å²) < 4.78 is 39.5. The number of aromatic nitrogens is 2. The first-order chi connectivity index (χ1) is 10.9. The van der Waals surface area contributed by atoms with E-state index in [9.17, 15) is 18.0 Å². The van der Waals surface area contributed by atoms with Crippen molar-refractivity contribution >= 4 is 17.5 Å². The lowest BCUT2D eigenvalue weighted by molar-refractivity contribution is 0.0948. The van der Waals surface area contributed by atoms with Crippen LogP contribution in [0.15, 0.2) is 24.5 Å². The minimum Gasteiger partial charge on any atom is -0.352 e. The molecule has 2 aromatic rings. The second-order valence-electron chi connectivity index (χ2n) is 5.25. The van der Waals surface area contributed by atoms with Crippen molar-refractivity contribution in [1.29, 1.82) is 0 Å². The minimum absolute atomic E-state index is 0.0460. The average molecular weight is 324 g/mol. The number of hydrogen-bond acceptors (Lipinski definition) is 4. The Morgan fingerprint density at radius 3 is 2.39 bits per heavy atom. The quantitative estimate of drug-likeness (QED) is 0.830. The number of nitrogens with zero attached hydrogens (tertiary/aromatic N) is 2. The van der Waals surface area contributed by atoms with E-state index in [2.05, 4.69) is 20.6 Å². The molecule has 1 heterocycles. The molecule has 2 rings (SSSR count). The van der Waals surface area contributed by atoms with E-state index in [1.54, 1.807) is 0 Å². The summed E-state index contributed by atoms with van der Waals surface area (Å²) in [4.78, 5) is 19.5. The number of benzene rings is 1. The summed E-state index contributed by atoms with van der Waals surface area (Å²) in [5, 5.41) is 5.12. The van der Waals surface area contributed by atoms with Crippen LogP contribution in [0.25, 0.3) is 0 Å². The van der Waals surface area contributed by atoms with Gasteiger partial charge < -0.3 is 10.6 Å². The van der Waals surface area contributed by atoms with Crippen LogP contribution in [0.2, 0.25) is 0 Å². The lowest BCUT2D eigenvalue weighted by Crippen LogP contribution is -2.27. The summed E-state index contributed by atoms with van der Waals surface area (Å²) in [6.45, 7) is 4.43. The van der Waals surface area contributed by atoms with Gasteiger partial charge in [-0.25, -0.2) is 23.1 Å². The van der Waals surface area contributed by atoms with Crippen molar-refractivity contribution in [2.75, 3.05) is 11.9 Å². The Morgan fingerprint density at radius 1 is 1.13 bits per heavy atom. The first-order valence-electron chi connectivity index (χ1n) is 6.89. The summed E-state index contributed by atoms with van der Waals surface area (Å²) in [6.07, 6.45) is 2.51. The van der Waals surface area contributed by atoms with Gasteiger partial charge in [0.2, 0.25) is 5.95 Å². The zero-order valence-electron chi connectivity index (χ0n) is 12.5. The number of halogens is 3. The summed E-state index contributed by atoms with van der Waals surface area (Å²) in [5.74, 6) is -4.31. The molecule has 0 saturated carbocycles. The van der Waals surface area contributed by atoms with Crippen LogP contribution >= 0.6 is 0 Å². The van der Waals surface area contributed by atoms with Gasteiger partial charge in [0, 0.05) is 18.9 Å². The molecule has 0 spiro atoms. The molecule has 0 fully saturated rings. The Hall–Kier alpha value is -2.64. The number of hydrogen-bond donors (Lipinski definition) is 2. The van der Waals surface area contributed by atoms with Crippen LogP contribution in [0.5, 0.6) is 0 Å². The summed E-state index contributed by atoms with van der Waals surface area (Å²) >= 11 is 0. The molecule has 0 aliphatic rings. The van der Waals surface area contributed by atoms with Crippen LogP contribution < -0.4 is 10.6 Å². The Bertz CT molecular complexity index is 705. The maximum absolute atomic E-state index is 13.5. The largest absolute Gasteiger partial charge is 0.352 e. The molecular formula is C15H15F3N4O. The molecule has 1 amide bonds. The summed E-state index contributed by atoms with van der Waals surface area (Å²) in [6, 6.07) is 1.81. The van der Waals surface area contributed by atoms with Gasteiger partial charge in [0.25, 0.3) is 5.91 Å². The number of carbonyl (C=O) groups is 1. The predicted molar refractivity (Wildman–Crippen MR) is 78.8 cm³/mol. The summed E-state index contributed by atoms with van der Waals surface area (Å²) in [7, 11) is 0. The monoisotopic (exact) mass is 324 g/mol. The van der Waals surface area contributed by atoms with E-state index >= 15 is 0 Å². The molecule has 1 aromatic carbocycles. The predicted octanol–water partition coefficient (Wildman–Crippen LogP) is 3.02. The van der Waals surface area contributed by atoms with Crippen molar-refractivity contribution in [2.24, 2.45) is 5.92 Å². The average Bonchev–Trinajstić information content (AvgIpc) is 2.54. The fraction of sp³-hybridized carbons (Fsp3) is 0.267. The molecule has 122 valence electrons. The molecule has 0 saturated heterocycles. The molecule has 2 N–H and O–H groups in total. The van der Waals surface area contributed by atoms with Crippen LogP contribution in [0, 0.1) is 23.4 Å². The third kappa shape index (κ3) is 4.18. The Labute approximate surface area is 131 Å². The van der Waals surface area contributed by atoms with Crippen molar-refractivity contribution in [3.05, 3.63) is 47.5 Å². The van der Waals surface area contributed by atoms with Crippen molar-refractivity contribution in [1.82, 2.24) is 15.3 Å². The van der Waals surface area contributed by atoms with Crippen molar-refractivity contribution in [3.8, 4) is 0 Å². The topological polar surface area (TPSA) is 66.9 Å². The van der Waals surface area contributed by atoms with Gasteiger partial charge in [-0.1, -0.05) is 13.8 Å². The Balaban J connectivity index is 2.09. The van der Waals surface area contributed by atoms with Crippen molar-refractivity contribution in [3.63, 3.8) is 0 Å². The Morgan fingerprint density at radius 2 is 1.78 bits per heavy atom. The van der Waals surface area contributed by atoms with Crippen LogP contribution in [-0.4, -0.2) is 22.4 Å². The Kier molecular flexibility index (Phi) is 5.15. The molecule has 5 nitrogen and oxygen atoms in total. The van der Waals surface area contributed by atoms with Crippen LogP contribution in [0.3, 0.4) is 0 Å². The van der Waals surface area contributed by atoms with Gasteiger partial charge >= 0.3 is 0 Å². The van der Waals surface area contributed by atoms with Crippen LogP contribution in [-0.2, 0) is 0 Å². The van der Waals surface area contributed by atoms with Gasteiger partial charge in [-0.3, -0.25) is 4.79 Å². The molecule has 0 aliphatic heterocycles. The van der Waals surface area contributed by atoms with Gasteiger partial charge in [0.1, 0.15) is 0 Å². The van der Waals surface area contributed by atoms with Crippen LogP contribution in [0.1, 0.15) is 24.2 Å². The van der Waals surface area contributed by atoms with Crippen molar-refractivity contribution < 1.29 is 18.0 Å². The number of rotatable bonds is 5. The molecule has 23 heavy (non-hydrogen) atoms. The standard InChI is InChI=1S/C15H15F3N4O/c1-8(2)5-19-14(23)9-6-20-15(21-7-9)22-11-4-3-10(16)12(17)13(11)18/h3-4,6-8H,5H2,1-2H3,(H,19,23)(H,20,21,22). The molecular weight excluding hydrogens is 309 g/mol. The maximum Gasteiger partial charge on any atom is 0.254 e. The second-order valence-corrected chi connectivity index (χ2v) is 5.25. The van der Waals surface area contributed by atoms with E-state index in [0.29, 0.717) is 12.5 Å². The van der Waals surface area contributed by atoms with E-state index in [0.717, 1.165) is 12.1 Å². The zero-order valence-corrected chi connectivity index (χ0v) is 12.5. The maximum atomic E-state index is 13.5. The smallest absolute Gasteiger partial charge is 0.254 e. The molecule has 0 bridgehead atoms. The highest BCUT2D eigenvalue weighted by atomic mass is 19.2. The fourth-order valence-corrected chi connectivity index (χ4v) is 1.65. The first kappa shape index (κ1) is 16.7. The minimum atomic E-state index is -1.58. The van der Waals surface area contributed by atoms with Gasteiger partial charge in [0.15, 0.2) is 17.5 Å². The normalized spacial score (nSPS) is 10.7. The van der Waals surface area contributed by atoms with Crippen LogP contribution in [0.4, 0.5) is 24.8 Å². The van der Waals surface area contributed by atoms with E-state index in [1.165, 1.54) is 12.4 Å². The molecule has 8 heteroatoms. The highest BCUT2D eigenvalue weighted by Gasteiger charge is 2.14. The molecule has 0 aliphatic carbocycles. The van der Waals surface area contributed by atoms with Gasteiger partial charge in [0.05, 0.1) is 11.3 Å². The first-order valence-corrected chi connectivity index (χ1v) is 6.89. The van der Waals surface area contributed by atoms with Gasteiger partial charge in [-0.05, 0) is 18.1 Å². The molecule has 1 aromatic heterocycles. The van der Waals surface area contributed by atoms with Gasteiger partial charge in [-0.2, -0.15) is 0 Å². The molecule has 0 atom stereocenters. The lowest BCUT2D eigenvalue weighted by atomic mass is 10.2. The van der Waals surface area contributed by atoms with Gasteiger partial charge in [-0.15, -0.1) is 0 Å². The molecule has 0 radical (unpaired) electrons. The lowest BCUT2D eigenvalue weighted by Gasteiger charge is -2.09. The molecule has 0 unspecified atom stereocenters. The van der Waals surface area contributed by atoms with E-state index in [-0.39, 0.29) is 23.1 Å². The van der Waals surface area contributed by atoms with E-state index in [1.807, 2.05) is 13.8 Å². The van der Waals surface area contributed by atoms with E-state index < -0.39 is 17.5 Å². The third-order valence-electron chi connectivity index (χ3n) is 2.87.